The first-order chi connectivity index (χ1) is 31.0. The van der Waals surface area contributed by atoms with Crippen LogP contribution in [-0.4, -0.2) is 77.0 Å². The van der Waals surface area contributed by atoms with E-state index in [1.165, 1.54) is 32.8 Å². The second-order valence-corrected chi connectivity index (χ2v) is 20.2. The summed E-state index contributed by atoms with van der Waals surface area (Å²) in [5.41, 5.74) is 9.00. The second-order valence-electron chi connectivity index (χ2n) is 20.2. The first-order valence-corrected chi connectivity index (χ1v) is 24.3. The van der Waals surface area contributed by atoms with Crippen LogP contribution in [0, 0.1) is 52.3 Å². The number of hydrogen-bond acceptors (Lipinski definition) is 10. The van der Waals surface area contributed by atoms with Crippen molar-refractivity contribution in [1.82, 2.24) is 10.6 Å². The predicted octanol–water partition coefficient (Wildman–Crippen LogP) is 7.25. The van der Waals surface area contributed by atoms with Crippen LogP contribution in [0.2, 0.25) is 0 Å². The number of piperidine rings is 1. The molecule has 4 aliphatic carbocycles. The van der Waals surface area contributed by atoms with E-state index >= 15 is 0 Å². The van der Waals surface area contributed by atoms with Gasteiger partial charge in [-0.2, -0.15) is 0 Å². The number of allylic oxidation sites excluding steroid dienone is 3. The molecule has 3 saturated carbocycles. The van der Waals surface area contributed by atoms with Crippen molar-refractivity contribution in [1.29, 1.82) is 0 Å². The highest BCUT2D eigenvalue weighted by Gasteiger charge is 2.52. The number of fused-ring (bicyclic) bond motifs is 2. The van der Waals surface area contributed by atoms with Crippen LogP contribution in [0.15, 0.2) is 72.1 Å². The molecule has 0 amide bonds. The van der Waals surface area contributed by atoms with Crippen LogP contribution in [0.25, 0.3) is 6.08 Å². The molecule has 64 heavy (non-hydrogen) atoms. The number of ketones is 2. The third kappa shape index (κ3) is 10.2. The van der Waals surface area contributed by atoms with Gasteiger partial charge in [0.05, 0.1) is 25.1 Å². The predicted molar refractivity (Wildman–Crippen MR) is 250 cm³/mol. The van der Waals surface area contributed by atoms with E-state index in [-0.39, 0.29) is 53.8 Å². The standard InChI is InChI=1S/C54H71N3O7/c1-64-49-28-40-12-14-50(62)54(21-15-36(25-51(54)63)33-53(19-5-6-20-53)42-30-46-41(18-24-58)27-44(60)31-47(46)57-34-42)22-16-37(45(40)32-48(49)61)11-13-43(59)26-38(39-17-23-56-52(55)29-39)10-9-35-7-3-2-4-8-35/h2-4,7-10,17,28-29,32,36-38,41-43,46-47,51,56-59,61,63H,5-6,11-15,18-21,23-27,30-31,33-34,55H2,1H3. The number of aliphatic hydroxyl groups excluding tert-OH is 3. The average molecular weight is 874 g/mol. The lowest BCUT2D eigenvalue weighted by Gasteiger charge is -2.51. The fourth-order valence-electron chi connectivity index (χ4n) is 12.9. The molecule has 2 heterocycles. The number of nitrogens with one attached hydrogen (secondary N) is 2. The summed E-state index contributed by atoms with van der Waals surface area (Å²) >= 11 is 0. The van der Waals surface area contributed by atoms with Gasteiger partial charge in [0.15, 0.2) is 17.3 Å². The molecular formula is C54H71N3O7. The Morgan fingerprint density at radius 2 is 1.86 bits per heavy atom. The van der Waals surface area contributed by atoms with E-state index in [2.05, 4.69) is 52.8 Å². The van der Waals surface area contributed by atoms with E-state index in [0.29, 0.717) is 93.5 Å². The first kappa shape index (κ1) is 46.1. The molecule has 1 saturated heterocycles. The Bertz CT molecular complexity index is 2130. The zero-order valence-electron chi connectivity index (χ0n) is 37.8. The molecule has 10 nitrogen and oxygen atoms in total. The monoisotopic (exact) mass is 874 g/mol. The number of carbonyl (C=O) groups excluding carboxylic acids is 2. The maximum atomic E-state index is 14.5. The molecule has 10 atom stereocenters. The number of benzene rings is 2. The van der Waals surface area contributed by atoms with Crippen molar-refractivity contribution in [3.8, 4) is 23.3 Å². The van der Waals surface area contributed by atoms with Crippen molar-refractivity contribution >= 4 is 17.6 Å². The second kappa shape index (κ2) is 20.4. The van der Waals surface area contributed by atoms with E-state index in [1.54, 1.807) is 6.07 Å². The number of hydrogen-bond donors (Lipinski definition) is 7. The quantitative estimate of drug-likeness (QED) is 0.0959. The van der Waals surface area contributed by atoms with Gasteiger partial charge in [0.2, 0.25) is 0 Å². The van der Waals surface area contributed by atoms with Gasteiger partial charge in [0.25, 0.3) is 0 Å². The van der Waals surface area contributed by atoms with Gasteiger partial charge in [-0.1, -0.05) is 73.2 Å². The van der Waals surface area contributed by atoms with E-state index in [4.69, 9.17) is 10.5 Å². The van der Waals surface area contributed by atoms with Crippen LogP contribution in [-0.2, 0) is 16.0 Å². The maximum Gasteiger partial charge on any atom is 0.160 e. The highest BCUT2D eigenvalue weighted by atomic mass is 16.5. The molecule has 10 unspecified atom stereocenters. The number of aromatic hydroxyl groups is 1. The summed E-state index contributed by atoms with van der Waals surface area (Å²) in [6.45, 7) is 1.64. The van der Waals surface area contributed by atoms with E-state index in [9.17, 15) is 30.0 Å². The van der Waals surface area contributed by atoms with Crippen LogP contribution in [0.1, 0.15) is 125 Å². The zero-order chi connectivity index (χ0) is 44.8. The number of methoxy groups -OCH3 is 1. The van der Waals surface area contributed by atoms with Gasteiger partial charge in [0, 0.05) is 50.3 Å². The minimum absolute atomic E-state index is 0.00758. The van der Waals surface area contributed by atoms with Crippen molar-refractivity contribution in [2.24, 2.45) is 46.2 Å². The first-order valence-electron chi connectivity index (χ1n) is 24.3. The summed E-state index contributed by atoms with van der Waals surface area (Å²) in [7, 11) is 1.52. The number of aliphatic hydroxyl groups is 3. The van der Waals surface area contributed by atoms with Gasteiger partial charge in [-0.3, -0.25) is 9.59 Å². The number of nitrogens with two attached hydrogens (primary N) is 1. The third-order valence-electron chi connectivity index (χ3n) is 16.4. The molecule has 344 valence electrons. The molecule has 0 radical (unpaired) electrons. The zero-order valence-corrected chi connectivity index (χ0v) is 37.8. The molecule has 4 fully saturated rings. The number of dihydropyridines is 1. The summed E-state index contributed by atoms with van der Waals surface area (Å²) in [5.74, 6) is 9.12. The molecule has 2 aromatic rings. The Morgan fingerprint density at radius 3 is 2.61 bits per heavy atom. The number of Topliss-reactive ketones (excluding diaryl/α,β-unsaturated/α-hetero) is 2. The van der Waals surface area contributed by atoms with Gasteiger partial charge in [0.1, 0.15) is 11.2 Å². The topological polar surface area (TPSA) is 174 Å². The number of phenols is 1. The molecule has 6 aliphatic rings. The number of carbonyl (C=O) groups is 2. The Balaban J connectivity index is 1.00. The number of ether oxygens (including phenoxy) is 1. The average Bonchev–Trinajstić information content (AvgIpc) is 3.78. The van der Waals surface area contributed by atoms with Gasteiger partial charge in [-0.25, -0.2) is 0 Å². The maximum absolute atomic E-state index is 14.5. The Labute approximate surface area is 380 Å². The lowest BCUT2D eigenvalue weighted by atomic mass is 9.57. The fraction of sp³-hybridized carbons (Fsp3) is 0.593. The minimum atomic E-state index is -1.18. The number of aryl methyl sites for hydroxylation is 1. The number of phenolic OH excluding ortho intramolecular Hbond substituents is 1. The molecule has 2 aliphatic heterocycles. The van der Waals surface area contributed by atoms with Gasteiger partial charge in [-0.05, 0) is 153 Å². The molecule has 1 spiro atoms. The number of rotatable bonds is 14. The summed E-state index contributed by atoms with van der Waals surface area (Å²) in [6, 6.07) is 13.8. The molecule has 0 bridgehead atoms. The SMILES string of the molecule is COc1cc2c(cc1O)C(CCC(O)CC(C=Cc1ccccc1)C1=CCNC(N)=C1)C#CC1(CCC(CC3(C4CNC5CC(=O)CC(CCO)C5C4)CCCC3)CC1O)C(=O)CC2. The van der Waals surface area contributed by atoms with Crippen molar-refractivity contribution < 1.29 is 34.8 Å². The van der Waals surface area contributed by atoms with Crippen LogP contribution in [0.4, 0.5) is 0 Å². The highest BCUT2D eigenvalue weighted by Crippen LogP contribution is 2.56. The van der Waals surface area contributed by atoms with Crippen LogP contribution in [0.3, 0.4) is 0 Å². The highest BCUT2D eigenvalue weighted by molar-refractivity contribution is 5.89. The van der Waals surface area contributed by atoms with Crippen molar-refractivity contribution in [2.75, 3.05) is 26.8 Å². The Morgan fingerprint density at radius 1 is 1.05 bits per heavy atom. The molecular weight excluding hydrogens is 803 g/mol. The van der Waals surface area contributed by atoms with E-state index in [1.807, 2.05) is 30.3 Å². The lowest BCUT2D eigenvalue weighted by Crippen LogP contribution is -2.55. The van der Waals surface area contributed by atoms with Crippen molar-refractivity contribution in [3.05, 3.63) is 88.8 Å². The summed E-state index contributed by atoms with van der Waals surface area (Å²) in [4.78, 5) is 27.1. The normalized spacial score (nSPS) is 31.2. The fourth-order valence-corrected chi connectivity index (χ4v) is 12.9. The summed E-state index contributed by atoms with van der Waals surface area (Å²) < 4.78 is 5.52. The largest absolute Gasteiger partial charge is 0.504 e. The van der Waals surface area contributed by atoms with Crippen LogP contribution < -0.4 is 21.1 Å². The van der Waals surface area contributed by atoms with Crippen molar-refractivity contribution in [2.45, 2.75) is 133 Å². The van der Waals surface area contributed by atoms with Gasteiger partial charge < -0.3 is 41.5 Å². The van der Waals surface area contributed by atoms with E-state index < -0.39 is 23.5 Å². The lowest BCUT2D eigenvalue weighted by molar-refractivity contribution is -0.135. The summed E-state index contributed by atoms with van der Waals surface area (Å²) in [5, 5.41) is 51.9. The smallest absolute Gasteiger partial charge is 0.160 e. The van der Waals surface area contributed by atoms with Gasteiger partial charge in [-0.15, -0.1) is 0 Å². The Kier molecular flexibility index (Phi) is 14.7. The third-order valence-corrected chi connectivity index (χ3v) is 16.4. The Hall–Kier alpha value is -4.40. The molecule has 10 heteroatoms. The van der Waals surface area contributed by atoms with Gasteiger partial charge >= 0.3 is 0 Å². The van der Waals surface area contributed by atoms with Crippen LogP contribution in [0.5, 0.6) is 11.5 Å². The van der Waals surface area contributed by atoms with Crippen molar-refractivity contribution in [3.63, 3.8) is 0 Å². The molecule has 8 rings (SSSR count). The summed E-state index contributed by atoms with van der Waals surface area (Å²) in [6.07, 6.45) is 19.3. The van der Waals surface area contributed by atoms with E-state index in [0.717, 1.165) is 48.1 Å². The molecule has 8 N–H and O–H groups in total. The minimum Gasteiger partial charge on any atom is -0.504 e. The molecule has 2 aromatic carbocycles. The van der Waals surface area contributed by atoms with Crippen LogP contribution >= 0.6 is 0 Å². The molecule has 0 aromatic heterocycles.